The van der Waals surface area contributed by atoms with Crippen molar-refractivity contribution in [2.24, 2.45) is 7.05 Å². The second kappa shape index (κ2) is 7.69. The normalized spacial score (nSPS) is 10.6. The Hall–Kier alpha value is -2.01. The predicted octanol–water partition coefficient (Wildman–Crippen LogP) is 2.51. The summed E-state index contributed by atoms with van der Waals surface area (Å²) >= 11 is 0. The fourth-order valence-electron chi connectivity index (χ4n) is 1.99. The molecule has 0 saturated heterocycles. The van der Waals surface area contributed by atoms with Crippen molar-refractivity contribution < 1.29 is 9.47 Å². The van der Waals surface area contributed by atoms with E-state index in [0.717, 1.165) is 35.7 Å². The number of nitrogens with one attached hydrogen (secondary N) is 1. The molecule has 5 heteroatoms. The molecular formula is C16H23N3O2. The molecule has 0 amide bonds. The zero-order chi connectivity index (χ0) is 15.1. The van der Waals surface area contributed by atoms with Gasteiger partial charge >= 0.3 is 0 Å². The van der Waals surface area contributed by atoms with Crippen LogP contribution < -0.4 is 14.8 Å². The van der Waals surface area contributed by atoms with Crippen LogP contribution in [0.15, 0.2) is 30.7 Å². The average molecular weight is 289 g/mol. The number of hydrogen-bond donors (Lipinski definition) is 1. The van der Waals surface area contributed by atoms with E-state index < -0.39 is 0 Å². The first-order valence-corrected chi connectivity index (χ1v) is 7.23. The number of aromatic nitrogens is 2. The number of benzene rings is 1. The number of nitrogens with zero attached hydrogens (tertiary/aromatic N) is 2. The van der Waals surface area contributed by atoms with Gasteiger partial charge in [-0.1, -0.05) is 13.0 Å². The van der Waals surface area contributed by atoms with Gasteiger partial charge in [-0.15, -0.1) is 0 Å². The van der Waals surface area contributed by atoms with Gasteiger partial charge in [-0.05, 0) is 19.5 Å². The number of imidazole rings is 1. The molecule has 0 aliphatic rings. The molecule has 0 unspecified atom stereocenters. The van der Waals surface area contributed by atoms with Gasteiger partial charge < -0.3 is 19.4 Å². The first-order valence-electron chi connectivity index (χ1n) is 7.23. The summed E-state index contributed by atoms with van der Waals surface area (Å²) in [6.07, 6.45) is 4.58. The topological polar surface area (TPSA) is 48.3 Å². The quantitative estimate of drug-likeness (QED) is 0.811. The van der Waals surface area contributed by atoms with Crippen LogP contribution in [0.5, 0.6) is 11.5 Å². The van der Waals surface area contributed by atoms with Gasteiger partial charge in [-0.25, -0.2) is 4.98 Å². The highest BCUT2D eigenvalue weighted by atomic mass is 16.5. The highest BCUT2D eigenvalue weighted by Gasteiger charge is 2.07. The molecule has 0 saturated carbocycles. The largest absolute Gasteiger partial charge is 0.493 e. The molecule has 1 N–H and O–H groups in total. The van der Waals surface area contributed by atoms with E-state index in [9.17, 15) is 0 Å². The lowest BCUT2D eigenvalue weighted by molar-refractivity contribution is 0.285. The standard InChI is InChI=1S/C16H23N3O2/c1-4-7-20-15-6-5-13(9-17-2)16(8-15)21-11-14-10-18-12-19(14)3/h5-6,8,10,12,17H,4,7,9,11H2,1-3H3. The second-order valence-electron chi connectivity index (χ2n) is 4.93. The third-order valence-corrected chi connectivity index (χ3v) is 3.17. The molecule has 21 heavy (non-hydrogen) atoms. The second-order valence-corrected chi connectivity index (χ2v) is 4.93. The minimum Gasteiger partial charge on any atom is -0.493 e. The molecule has 114 valence electrons. The van der Waals surface area contributed by atoms with E-state index in [1.54, 1.807) is 6.33 Å². The SMILES string of the molecule is CCCOc1ccc(CNC)c(OCc2cncn2C)c1. The van der Waals surface area contributed by atoms with Gasteiger partial charge in [-0.3, -0.25) is 0 Å². The minimum absolute atomic E-state index is 0.491. The summed E-state index contributed by atoms with van der Waals surface area (Å²) in [6, 6.07) is 5.98. The molecule has 2 aromatic rings. The number of rotatable bonds is 8. The van der Waals surface area contributed by atoms with E-state index in [1.807, 2.05) is 43.1 Å². The number of ether oxygens (including phenoxy) is 2. The van der Waals surface area contributed by atoms with Gasteiger partial charge in [0.2, 0.25) is 0 Å². The van der Waals surface area contributed by atoms with Crippen LogP contribution in [-0.4, -0.2) is 23.2 Å². The van der Waals surface area contributed by atoms with Crippen LogP contribution >= 0.6 is 0 Å². The first-order chi connectivity index (χ1) is 10.2. The first kappa shape index (κ1) is 15.4. The van der Waals surface area contributed by atoms with Crippen molar-refractivity contribution in [2.45, 2.75) is 26.5 Å². The summed E-state index contributed by atoms with van der Waals surface area (Å²) in [5.74, 6) is 1.69. The van der Waals surface area contributed by atoms with Crippen LogP contribution in [0, 0.1) is 0 Å². The highest BCUT2D eigenvalue weighted by Crippen LogP contribution is 2.26. The summed E-state index contributed by atoms with van der Waals surface area (Å²) in [7, 11) is 3.88. The molecule has 1 aromatic heterocycles. The van der Waals surface area contributed by atoms with Crippen molar-refractivity contribution in [1.29, 1.82) is 0 Å². The molecular weight excluding hydrogens is 266 g/mol. The summed E-state index contributed by atoms with van der Waals surface area (Å²) in [5, 5.41) is 3.15. The molecule has 0 aliphatic heterocycles. The zero-order valence-corrected chi connectivity index (χ0v) is 12.9. The average Bonchev–Trinajstić information content (AvgIpc) is 2.90. The Labute approximate surface area is 125 Å². The van der Waals surface area contributed by atoms with Crippen LogP contribution in [0.4, 0.5) is 0 Å². The van der Waals surface area contributed by atoms with Crippen LogP contribution in [0.1, 0.15) is 24.6 Å². The maximum atomic E-state index is 5.95. The van der Waals surface area contributed by atoms with E-state index in [2.05, 4.69) is 17.2 Å². The molecule has 5 nitrogen and oxygen atoms in total. The van der Waals surface area contributed by atoms with E-state index in [4.69, 9.17) is 9.47 Å². The lowest BCUT2D eigenvalue weighted by atomic mass is 10.2. The monoisotopic (exact) mass is 289 g/mol. The van der Waals surface area contributed by atoms with Crippen molar-refractivity contribution in [2.75, 3.05) is 13.7 Å². The van der Waals surface area contributed by atoms with Crippen LogP contribution in [0.2, 0.25) is 0 Å². The van der Waals surface area contributed by atoms with Crippen molar-refractivity contribution in [3.05, 3.63) is 42.0 Å². The molecule has 1 aromatic carbocycles. The van der Waals surface area contributed by atoms with E-state index >= 15 is 0 Å². The van der Waals surface area contributed by atoms with E-state index in [-0.39, 0.29) is 0 Å². The van der Waals surface area contributed by atoms with Crippen molar-refractivity contribution >= 4 is 0 Å². The molecule has 0 spiro atoms. The Bertz CT molecular complexity index is 566. The number of aryl methyl sites for hydroxylation is 1. The lowest BCUT2D eigenvalue weighted by Crippen LogP contribution is -2.09. The Morgan fingerprint density at radius 2 is 2.14 bits per heavy atom. The Kier molecular flexibility index (Phi) is 5.63. The molecule has 0 bridgehead atoms. The summed E-state index contributed by atoms with van der Waals surface area (Å²) in [6.45, 7) is 4.06. The molecule has 0 fully saturated rings. The van der Waals surface area contributed by atoms with Gasteiger partial charge in [0.1, 0.15) is 18.1 Å². The zero-order valence-electron chi connectivity index (χ0n) is 12.9. The Balaban J connectivity index is 2.11. The molecule has 1 heterocycles. The summed E-state index contributed by atoms with van der Waals surface area (Å²) < 4.78 is 13.6. The Morgan fingerprint density at radius 1 is 1.29 bits per heavy atom. The summed E-state index contributed by atoms with van der Waals surface area (Å²) in [4.78, 5) is 4.10. The van der Waals surface area contributed by atoms with Gasteiger partial charge in [0, 0.05) is 25.2 Å². The lowest BCUT2D eigenvalue weighted by Gasteiger charge is -2.14. The van der Waals surface area contributed by atoms with Gasteiger partial charge in [0.15, 0.2) is 0 Å². The Morgan fingerprint density at radius 3 is 2.81 bits per heavy atom. The highest BCUT2D eigenvalue weighted by molar-refractivity contribution is 5.40. The predicted molar refractivity (Wildman–Crippen MR) is 82.5 cm³/mol. The maximum Gasteiger partial charge on any atom is 0.130 e. The molecule has 0 atom stereocenters. The van der Waals surface area contributed by atoms with Crippen LogP contribution in [-0.2, 0) is 20.2 Å². The maximum absolute atomic E-state index is 5.95. The smallest absolute Gasteiger partial charge is 0.130 e. The van der Waals surface area contributed by atoms with Crippen LogP contribution in [0.3, 0.4) is 0 Å². The third kappa shape index (κ3) is 4.23. The van der Waals surface area contributed by atoms with Crippen molar-refractivity contribution in [3.63, 3.8) is 0 Å². The summed E-state index contributed by atoms with van der Waals surface area (Å²) in [5.41, 5.74) is 2.15. The van der Waals surface area contributed by atoms with Crippen molar-refractivity contribution in [3.8, 4) is 11.5 Å². The molecule has 2 rings (SSSR count). The third-order valence-electron chi connectivity index (χ3n) is 3.17. The number of hydrogen-bond acceptors (Lipinski definition) is 4. The fraction of sp³-hybridized carbons (Fsp3) is 0.438. The van der Waals surface area contributed by atoms with Gasteiger partial charge in [-0.2, -0.15) is 0 Å². The van der Waals surface area contributed by atoms with Gasteiger partial charge in [0.05, 0.1) is 24.8 Å². The van der Waals surface area contributed by atoms with Gasteiger partial charge in [0.25, 0.3) is 0 Å². The van der Waals surface area contributed by atoms with E-state index in [1.165, 1.54) is 0 Å². The van der Waals surface area contributed by atoms with Crippen LogP contribution in [0.25, 0.3) is 0 Å². The molecule has 0 aliphatic carbocycles. The van der Waals surface area contributed by atoms with Crippen molar-refractivity contribution in [1.82, 2.24) is 14.9 Å². The van der Waals surface area contributed by atoms with E-state index in [0.29, 0.717) is 13.2 Å². The fourth-order valence-corrected chi connectivity index (χ4v) is 1.99. The molecule has 0 radical (unpaired) electrons. The minimum atomic E-state index is 0.491.